The van der Waals surface area contributed by atoms with Gasteiger partial charge in [-0.2, -0.15) is 0 Å². The number of alkyl halides is 1. The third-order valence-corrected chi connectivity index (χ3v) is 2.86. The molecule has 0 saturated heterocycles. The Hall–Kier alpha value is 1.25. The third kappa shape index (κ3) is 3.84. The Labute approximate surface area is 85.0 Å². The van der Waals surface area contributed by atoms with Crippen LogP contribution in [0.25, 0.3) is 0 Å². The molecule has 0 heterocycles. The van der Waals surface area contributed by atoms with E-state index in [-0.39, 0.29) is 25.9 Å². The maximum Gasteiger partial charge on any atom is 2.00 e. The average Bonchev–Trinajstić information content (AvgIpc) is 1.77. The van der Waals surface area contributed by atoms with Gasteiger partial charge in [-0.3, -0.25) is 0 Å². The quantitative estimate of drug-likeness (QED) is 0.419. The second kappa shape index (κ2) is 4.97. The van der Waals surface area contributed by atoms with Crippen LogP contribution in [0.3, 0.4) is 0 Å². The first-order chi connectivity index (χ1) is 3.79. The maximum absolute atomic E-state index is 3.62. The summed E-state index contributed by atoms with van der Waals surface area (Å²) in [5.74, 6) is 0.990. The predicted octanol–water partition coefficient (Wildman–Crippen LogP) is 2.80. The van der Waals surface area contributed by atoms with Gasteiger partial charge in [0, 0.05) is 4.83 Å². The third-order valence-electron chi connectivity index (χ3n) is 1.95. The van der Waals surface area contributed by atoms with E-state index >= 15 is 0 Å². The van der Waals surface area contributed by atoms with E-state index in [2.05, 4.69) is 22.9 Å². The van der Waals surface area contributed by atoms with Gasteiger partial charge in [-0.05, 0) is 31.6 Å². The maximum atomic E-state index is 3.62. The molecule has 0 atom stereocenters. The summed E-state index contributed by atoms with van der Waals surface area (Å²) in [5.41, 5.74) is 0. The Morgan fingerprint density at radius 1 is 1.22 bits per heavy atom. The zero-order valence-corrected chi connectivity index (χ0v) is 9.07. The van der Waals surface area contributed by atoms with Crippen molar-refractivity contribution in [2.75, 3.05) is 0 Å². The van der Waals surface area contributed by atoms with Gasteiger partial charge in [0.25, 0.3) is 0 Å². The number of hydrogen-bond donors (Lipinski definition) is 0. The van der Waals surface area contributed by atoms with Gasteiger partial charge in [0.15, 0.2) is 0 Å². The van der Waals surface area contributed by atoms with E-state index in [0.29, 0.717) is 0 Å². The van der Waals surface area contributed by atoms with Gasteiger partial charge < -0.3 is 2.85 Å². The number of hydrogen-bond acceptors (Lipinski definition) is 0. The summed E-state index contributed by atoms with van der Waals surface area (Å²) in [6, 6.07) is 0. The molecule has 1 fully saturated rings. The fourth-order valence-electron chi connectivity index (χ4n) is 1.22. The van der Waals surface area contributed by atoms with Crippen molar-refractivity contribution in [2.45, 2.75) is 37.4 Å². The van der Waals surface area contributed by atoms with Gasteiger partial charge in [-0.1, -0.05) is 22.9 Å². The topological polar surface area (TPSA) is 0 Å². The van der Waals surface area contributed by atoms with Gasteiger partial charge in [-0.15, -0.1) is 0 Å². The van der Waals surface area contributed by atoms with E-state index in [1.165, 1.54) is 25.7 Å². The second-order valence-electron chi connectivity index (χ2n) is 2.86. The summed E-state index contributed by atoms with van der Waals surface area (Å²) in [5, 5.41) is 0. The van der Waals surface area contributed by atoms with Crippen LogP contribution in [-0.2, 0) is 0 Å². The molecule has 0 radical (unpaired) electrons. The molecule has 0 bridgehead atoms. The molecule has 1 aliphatic rings. The van der Waals surface area contributed by atoms with Crippen LogP contribution in [0, 0.1) is 5.92 Å². The van der Waals surface area contributed by atoms with Gasteiger partial charge >= 0.3 is 23.1 Å². The summed E-state index contributed by atoms with van der Waals surface area (Å²) in [7, 11) is 0. The molecule has 0 spiro atoms. The first-order valence-corrected chi connectivity index (χ1v) is 4.34. The molecule has 0 N–H and O–H groups in total. The fourth-order valence-corrected chi connectivity index (χ4v) is 1.75. The van der Waals surface area contributed by atoms with Gasteiger partial charge in [0.1, 0.15) is 0 Å². The molecule has 0 aromatic heterocycles. The molecule has 0 amide bonds. The fraction of sp³-hybridized carbons (Fsp3) is 1.00. The van der Waals surface area contributed by atoms with E-state index in [1.807, 2.05) is 0 Å². The van der Waals surface area contributed by atoms with Crippen LogP contribution >= 0.6 is 15.9 Å². The van der Waals surface area contributed by atoms with Crippen LogP contribution in [0.2, 0.25) is 0 Å². The van der Waals surface area contributed by atoms with Crippen LogP contribution in [0.4, 0.5) is 0 Å². The van der Waals surface area contributed by atoms with Gasteiger partial charge in [0.05, 0.1) is 0 Å². The van der Waals surface area contributed by atoms with Crippen molar-refractivity contribution in [2.24, 2.45) is 5.92 Å². The molecule has 0 aromatic carbocycles. The van der Waals surface area contributed by atoms with Crippen molar-refractivity contribution in [1.29, 1.82) is 0 Å². The van der Waals surface area contributed by atoms with Crippen molar-refractivity contribution in [1.82, 2.24) is 0 Å². The normalized spacial score (nSPS) is 35.3. The second-order valence-corrected chi connectivity index (χ2v) is 4.15. The predicted molar refractivity (Wildman–Crippen MR) is 48.3 cm³/mol. The minimum Gasteiger partial charge on any atom is -1.00 e. The molecule has 0 aliphatic heterocycles. The van der Waals surface area contributed by atoms with Crippen LogP contribution in [0.5, 0.6) is 0 Å². The van der Waals surface area contributed by atoms with Crippen molar-refractivity contribution in [3.8, 4) is 0 Å². The summed E-state index contributed by atoms with van der Waals surface area (Å²) in [4.78, 5) is 0.832. The molecule has 2 heteroatoms. The molecule has 52 valence electrons. The number of rotatable bonds is 0. The minimum atomic E-state index is 0. The molecule has 0 nitrogen and oxygen atoms in total. The summed E-state index contributed by atoms with van der Waals surface area (Å²) >= 11 is 3.62. The molecule has 9 heavy (non-hydrogen) atoms. The first kappa shape index (κ1) is 10.2. The summed E-state index contributed by atoms with van der Waals surface area (Å²) in [6.45, 7) is 2.35. The van der Waals surface area contributed by atoms with Crippen molar-refractivity contribution in [3.05, 3.63) is 0 Å². The van der Waals surface area contributed by atoms with E-state index in [0.717, 1.165) is 10.7 Å². The Balaban J connectivity index is -0.000000213. The van der Waals surface area contributed by atoms with Crippen molar-refractivity contribution >= 4 is 39.0 Å². The Morgan fingerprint density at radius 3 is 2.00 bits per heavy atom. The van der Waals surface area contributed by atoms with E-state index in [9.17, 15) is 0 Å². The van der Waals surface area contributed by atoms with E-state index < -0.39 is 0 Å². The zero-order chi connectivity index (χ0) is 5.98. The molecule has 0 aromatic rings. The molecular weight excluding hydrogens is 188 g/mol. The smallest absolute Gasteiger partial charge is 1.00 e. The molecule has 1 aliphatic carbocycles. The number of halogens is 1. The minimum absolute atomic E-state index is 0. The summed E-state index contributed by atoms with van der Waals surface area (Å²) < 4.78 is 0. The van der Waals surface area contributed by atoms with Crippen molar-refractivity contribution in [3.63, 3.8) is 0 Å². The zero-order valence-electron chi connectivity index (χ0n) is 8.07. The Kier molecular flexibility index (Phi) is 5.66. The SMILES string of the molecule is CC1CCC(Br)CC1.[H-].[H-].[Mg+2]. The van der Waals surface area contributed by atoms with Gasteiger partial charge in [-0.25, -0.2) is 0 Å². The van der Waals surface area contributed by atoms with Crippen LogP contribution in [0.15, 0.2) is 0 Å². The first-order valence-electron chi connectivity index (χ1n) is 3.43. The Bertz CT molecular complexity index is 64.8. The van der Waals surface area contributed by atoms with Crippen LogP contribution < -0.4 is 0 Å². The summed E-state index contributed by atoms with van der Waals surface area (Å²) in [6.07, 6.45) is 5.63. The monoisotopic (exact) mass is 202 g/mol. The molecule has 0 unspecified atom stereocenters. The van der Waals surface area contributed by atoms with Crippen molar-refractivity contribution < 1.29 is 2.85 Å². The average molecular weight is 203 g/mol. The van der Waals surface area contributed by atoms with Crippen LogP contribution in [-0.4, -0.2) is 27.9 Å². The van der Waals surface area contributed by atoms with Crippen LogP contribution in [0.1, 0.15) is 35.5 Å². The standard InChI is InChI=1S/C7H13Br.Mg.2H/c1-6-2-4-7(8)5-3-6;;;/h6-7H,2-5H2,1H3;;;/q;+2;2*-1. The molecule has 1 saturated carbocycles. The van der Waals surface area contributed by atoms with Gasteiger partial charge in [0.2, 0.25) is 0 Å². The largest absolute Gasteiger partial charge is 2.00 e. The van der Waals surface area contributed by atoms with E-state index in [4.69, 9.17) is 0 Å². The Morgan fingerprint density at radius 2 is 1.67 bits per heavy atom. The molecule has 1 rings (SSSR count). The van der Waals surface area contributed by atoms with E-state index in [1.54, 1.807) is 0 Å². The molecular formula is C7H15BrMg.